The molecular weight excluding hydrogens is 373 g/mol. The van der Waals surface area contributed by atoms with Gasteiger partial charge in [0, 0.05) is 29.5 Å². The average molecular weight is 396 g/mol. The quantitative estimate of drug-likeness (QED) is 0.594. The molecule has 0 aliphatic heterocycles. The fraction of sp³-hybridized carbons (Fsp3) is 0.333. The predicted octanol–water partition coefficient (Wildman–Crippen LogP) is 3.28. The Morgan fingerprint density at radius 2 is 2.11 bits per heavy atom. The van der Waals surface area contributed by atoms with Crippen LogP contribution in [0.4, 0.5) is 19.0 Å². The van der Waals surface area contributed by atoms with E-state index in [1.165, 1.54) is 19.1 Å². The minimum Gasteiger partial charge on any atom is -0.356 e. The summed E-state index contributed by atoms with van der Waals surface area (Å²) in [6.45, 7) is 1.51. The third kappa shape index (κ3) is 4.21. The molecule has 0 unspecified atom stereocenters. The molecule has 0 spiro atoms. The molecule has 3 rings (SSSR count). The molecule has 148 valence electrons. The van der Waals surface area contributed by atoms with Crippen molar-refractivity contribution < 1.29 is 23.4 Å². The van der Waals surface area contributed by atoms with Gasteiger partial charge in [-0.25, -0.2) is 15.0 Å². The Balaban J connectivity index is 2.00. The van der Waals surface area contributed by atoms with Crippen molar-refractivity contribution in [1.29, 1.82) is 0 Å². The van der Waals surface area contributed by atoms with Gasteiger partial charge in [-0.1, -0.05) is 6.92 Å². The number of rotatable bonds is 6. The standard InChI is InChI=1S/C18H19F3N6O/c1-3-17(2,16(28)25-10-18(19,20)21)27-13-6-8-23-15(26-13)12-9-24-14-11(12)5-4-7-22-14/h4-9H,3,10H2,1-2H3,(H,22,24)(H,25,28)(H,23,26,27)/t17-/m1/s1/i5D,7D,8D,9D. The lowest BCUT2D eigenvalue weighted by Gasteiger charge is -2.29. The van der Waals surface area contributed by atoms with Crippen LogP contribution >= 0.6 is 0 Å². The number of H-pyrrole nitrogens is 1. The van der Waals surface area contributed by atoms with E-state index in [1.54, 1.807) is 6.92 Å². The van der Waals surface area contributed by atoms with Crippen molar-refractivity contribution in [2.75, 3.05) is 11.9 Å². The second-order valence-corrected chi connectivity index (χ2v) is 6.19. The van der Waals surface area contributed by atoms with Crippen LogP contribution < -0.4 is 10.6 Å². The van der Waals surface area contributed by atoms with Crippen LogP contribution in [0, 0.1) is 0 Å². The zero-order valence-corrected chi connectivity index (χ0v) is 15.0. The summed E-state index contributed by atoms with van der Waals surface area (Å²) in [6.07, 6.45) is -5.10. The van der Waals surface area contributed by atoms with Gasteiger partial charge in [0.25, 0.3) is 0 Å². The van der Waals surface area contributed by atoms with Gasteiger partial charge in [0.1, 0.15) is 23.5 Å². The number of alkyl halides is 3. The molecular formula is C18H19F3N6O. The van der Waals surface area contributed by atoms with Gasteiger partial charge in [-0.15, -0.1) is 0 Å². The maximum Gasteiger partial charge on any atom is 0.405 e. The molecule has 0 fully saturated rings. The SMILES string of the molecule is [2H]c1cc(N[C@](C)(CC)C(=O)NCC(F)(F)F)nc(-c2c([2H])[nH]c3nc([2H])cc([2H])c23)n1. The molecule has 3 N–H and O–H groups in total. The maximum absolute atomic E-state index is 12.5. The number of hydrogen-bond acceptors (Lipinski definition) is 5. The molecule has 1 amide bonds. The largest absolute Gasteiger partial charge is 0.405 e. The van der Waals surface area contributed by atoms with Crippen molar-refractivity contribution >= 4 is 22.8 Å². The molecule has 28 heavy (non-hydrogen) atoms. The highest BCUT2D eigenvalue weighted by Crippen LogP contribution is 2.26. The van der Waals surface area contributed by atoms with Crippen LogP contribution in [0.15, 0.2) is 36.7 Å². The van der Waals surface area contributed by atoms with Gasteiger partial charge in [0.15, 0.2) is 5.82 Å². The summed E-state index contributed by atoms with van der Waals surface area (Å²) in [7, 11) is 0. The fourth-order valence-electron chi connectivity index (χ4n) is 2.42. The van der Waals surface area contributed by atoms with Gasteiger partial charge in [0.2, 0.25) is 5.91 Å². The second-order valence-electron chi connectivity index (χ2n) is 6.19. The van der Waals surface area contributed by atoms with Crippen molar-refractivity contribution in [3.05, 3.63) is 36.7 Å². The highest BCUT2D eigenvalue weighted by atomic mass is 19.4. The van der Waals surface area contributed by atoms with Crippen LogP contribution in [0.5, 0.6) is 0 Å². The molecule has 0 saturated carbocycles. The fourth-order valence-corrected chi connectivity index (χ4v) is 2.42. The lowest BCUT2D eigenvalue weighted by molar-refractivity contribution is -0.140. The Labute approximate surface area is 164 Å². The van der Waals surface area contributed by atoms with E-state index < -0.39 is 24.2 Å². The summed E-state index contributed by atoms with van der Waals surface area (Å²) in [6, 6.07) is 2.28. The van der Waals surface area contributed by atoms with E-state index in [1.807, 2.05) is 5.32 Å². The van der Waals surface area contributed by atoms with Gasteiger partial charge >= 0.3 is 6.18 Å². The van der Waals surface area contributed by atoms with Gasteiger partial charge < -0.3 is 15.6 Å². The Kier molecular flexibility index (Phi) is 3.95. The van der Waals surface area contributed by atoms with Crippen LogP contribution in [0.3, 0.4) is 0 Å². The normalized spacial score (nSPS) is 15.9. The van der Waals surface area contributed by atoms with Crippen LogP contribution in [-0.2, 0) is 4.79 Å². The Morgan fingerprint density at radius 3 is 2.82 bits per heavy atom. The number of halogens is 3. The molecule has 0 aromatic carbocycles. The smallest absolute Gasteiger partial charge is 0.356 e. The maximum atomic E-state index is 12.5. The Bertz CT molecular complexity index is 1190. The zero-order valence-electron chi connectivity index (χ0n) is 19.0. The van der Waals surface area contributed by atoms with Gasteiger partial charge in [-0.2, -0.15) is 13.2 Å². The van der Waals surface area contributed by atoms with E-state index >= 15 is 0 Å². The van der Waals surface area contributed by atoms with Crippen LogP contribution in [0.1, 0.15) is 25.8 Å². The number of pyridine rings is 1. The highest BCUT2D eigenvalue weighted by Gasteiger charge is 2.35. The van der Waals surface area contributed by atoms with E-state index in [0.717, 1.165) is 0 Å². The lowest BCUT2D eigenvalue weighted by atomic mass is 9.97. The van der Waals surface area contributed by atoms with E-state index in [0.29, 0.717) is 0 Å². The van der Waals surface area contributed by atoms with Crippen molar-refractivity contribution in [3.63, 3.8) is 0 Å². The molecule has 10 heteroatoms. The topological polar surface area (TPSA) is 95.6 Å². The number of anilines is 1. The summed E-state index contributed by atoms with van der Waals surface area (Å²) in [4.78, 5) is 27.2. The van der Waals surface area contributed by atoms with E-state index in [4.69, 9.17) is 5.48 Å². The highest BCUT2D eigenvalue weighted by molar-refractivity contribution is 5.92. The molecule has 3 aromatic heterocycles. The molecule has 0 bridgehead atoms. The first-order valence-electron chi connectivity index (χ1n) is 10.3. The zero-order chi connectivity index (χ0) is 23.8. The number of nitrogens with zero attached hydrogens (tertiary/aromatic N) is 3. The van der Waals surface area contributed by atoms with Crippen LogP contribution in [-0.4, -0.2) is 44.1 Å². The first kappa shape index (κ1) is 14.8. The molecule has 0 aliphatic rings. The monoisotopic (exact) mass is 396 g/mol. The number of nitrogens with one attached hydrogen (secondary N) is 3. The molecule has 3 aromatic rings. The summed E-state index contributed by atoms with van der Waals surface area (Å²) < 4.78 is 69.3. The molecule has 7 nitrogen and oxygen atoms in total. The summed E-state index contributed by atoms with van der Waals surface area (Å²) in [5.41, 5.74) is -1.29. The van der Waals surface area contributed by atoms with E-state index in [-0.39, 0.29) is 59.2 Å². The van der Waals surface area contributed by atoms with Crippen LogP contribution in [0.2, 0.25) is 0 Å². The second kappa shape index (κ2) is 7.45. The first-order valence-corrected chi connectivity index (χ1v) is 8.29. The first-order chi connectivity index (χ1) is 14.8. The number of aromatic amines is 1. The molecule has 0 radical (unpaired) electrons. The molecule has 1 atom stereocenters. The average Bonchev–Trinajstić information content (AvgIpc) is 3.00. The van der Waals surface area contributed by atoms with Crippen molar-refractivity contribution in [1.82, 2.24) is 25.3 Å². The Hall–Kier alpha value is -3.17. The van der Waals surface area contributed by atoms with Crippen LogP contribution in [0.25, 0.3) is 22.4 Å². The van der Waals surface area contributed by atoms with Gasteiger partial charge in [-0.3, -0.25) is 4.79 Å². The number of carbonyl (C=O) groups excluding carboxylic acids is 1. The summed E-state index contributed by atoms with van der Waals surface area (Å²) >= 11 is 0. The minimum atomic E-state index is -4.57. The van der Waals surface area contributed by atoms with Crippen molar-refractivity contribution in [2.24, 2.45) is 0 Å². The number of aromatic nitrogens is 4. The molecule has 0 aliphatic carbocycles. The predicted molar refractivity (Wildman–Crippen MR) is 98.5 cm³/mol. The van der Waals surface area contributed by atoms with Crippen molar-refractivity contribution in [2.45, 2.75) is 32.0 Å². The number of fused-ring (bicyclic) bond motifs is 1. The van der Waals surface area contributed by atoms with E-state index in [9.17, 15) is 18.0 Å². The summed E-state index contributed by atoms with van der Waals surface area (Å²) in [5, 5.41) is 4.78. The molecule has 3 heterocycles. The molecule has 0 saturated heterocycles. The summed E-state index contributed by atoms with van der Waals surface area (Å²) in [5.74, 6) is -1.03. The van der Waals surface area contributed by atoms with Crippen molar-refractivity contribution in [3.8, 4) is 11.4 Å². The number of amides is 1. The third-order valence-corrected chi connectivity index (χ3v) is 4.13. The van der Waals surface area contributed by atoms with E-state index in [2.05, 4.69) is 25.3 Å². The Morgan fingerprint density at radius 1 is 1.32 bits per heavy atom. The third-order valence-electron chi connectivity index (χ3n) is 4.13. The van der Waals surface area contributed by atoms with Gasteiger partial charge in [0.05, 0.1) is 5.48 Å². The lowest BCUT2D eigenvalue weighted by Crippen LogP contribution is -2.52. The number of hydrogen-bond donors (Lipinski definition) is 3. The number of carbonyl (C=O) groups is 1. The minimum absolute atomic E-state index is 0.0168. The van der Waals surface area contributed by atoms with Gasteiger partial charge in [-0.05, 0) is 31.5 Å².